The molecule has 6 nitrogen and oxygen atoms in total. The van der Waals surface area contributed by atoms with Gasteiger partial charge < -0.3 is 15.1 Å². The number of hydrogen-bond donors (Lipinski definition) is 1. The molecule has 1 saturated heterocycles. The summed E-state index contributed by atoms with van der Waals surface area (Å²) in [5, 5.41) is 2.92. The van der Waals surface area contributed by atoms with E-state index >= 15 is 0 Å². The van der Waals surface area contributed by atoms with Crippen molar-refractivity contribution in [2.75, 3.05) is 43.4 Å². The first-order valence-electron chi connectivity index (χ1n) is 8.16. The van der Waals surface area contributed by atoms with Crippen molar-refractivity contribution < 1.29 is 4.79 Å². The van der Waals surface area contributed by atoms with E-state index in [1.165, 1.54) is 6.33 Å². The average Bonchev–Trinajstić information content (AvgIpc) is 2.54. The molecule has 0 aliphatic carbocycles. The largest absolute Gasteiger partial charge is 0.354 e. The second-order valence-electron chi connectivity index (χ2n) is 6.38. The maximum atomic E-state index is 12.5. The topological polar surface area (TPSA) is 61.4 Å². The third-order valence-electron chi connectivity index (χ3n) is 4.19. The lowest BCUT2D eigenvalue weighted by molar-refractivity contribution is 0.102. The third kappa shape index (κ3) is 3.89. The Morgan fingerprint density at radius 2 is 1.67 bits per heavy atom. The highest BCUT2D eigenvalue weighted by molar-refractivity contribution is 6.03. The van der Waals surface area contributed by atoms with Crippen molar-refractivity contribution in [2.24, 2.45) is 0 Å². The quantitative estimate of drug-likeness (QED) is 0.936. The molecule has 3 rings (SSSR count). The van der Waals surface area contributed by atoms with E-state index in [4.69, 9.17) is 0 Å². The predicted molar refractivity (Wildman–Crippen MR) is 95.6 cm³/mol. The van der Waals surface area contributed by atoms with Gasteiger partial charge in [0.15, 0.2) is 0 Å². The van der Waals surface area contributed by atoms with Gasteiger partial charge in [0.05, 0.1) is 0 Å². The summed E-state index contributed by atoms with van der Waals surface area (Å²) in [6, 6.07) is 7.75. The molecule has 1 aliphatic heterocycles. The van der Waals surface area contributed by atoms with Crippen LogP contribution in [0.5, 0.6) is 0 Å². The molecule has 24 heavy (non-hydrogen) atoms. The smallest absolute Gasteiger partial charge is 0.274 e. The molecule has 6 heteroatoms. The minimum atomic E-state index is -0.210. The number of carbonyl (C=O) groups is 1. The van der Waals surface area contributed by atoms with Crippen LogP contribution in [0.15, 0.2) is 30.6 Å². The average molecular weight is 325 g/mol. The lowest BCUT2D eigenvalue weighted by atomic mass is 10.1. The van der Waals surface area contributed by atoms with Crippen LogP contribution in [0.3, 0.4) is 0 Å². The molecule has 1 aromatic carbocycles. The first kappa shape index (κ1) is 16.4. The molecule has 1 aromatic heterocycles. The maximum absolute atomic E-state index is 12.5. The van der Waals surface area contributed by atoms with Crippen molar-refractivity contribution in [3.05, 3.63) is 47.4 Å². The van der Waals surface area contributed by atoms with Crippen LogP contribution in [-0.4, -0.2) is 54.0 Å². The molecule has 126 valence electrons. The molecule has 2 heterocycles. The van der Waals surface area contributed by atoms with Gasteiger partial charge in [0.1, 0.15) is 17.8 Å². The number of benzene rings is 1. The van der Waals surface area contributed by atoms with Gasteiger partial charge in [0.2, 0.25) is 0 Å². The fourth-order valence-corrected chi connectivity index (χ4v) is 2.92. The van der Waals surface area contributed by atoms with E-state index in [2.05, 4.69) is 38.2 Å². The second-order valence-corrected chi connectivity index (χ2v) is 6.38. The Labute approximate surface area is 142 Å². The lowest BCUT2D eigenvalue weighted by Crippen LogP contribution is -2.44. The first-order valence-corrected chi connectivity index (χ1v) is 8.16. The molecule has 1 fully saturated rings. The Hall–Kier alpha value is -2.47. The van der Waals surface area contributed by atoms with Crippen molar-refractivity contribution in [2.45, 2.75) is 13.8 Å². The zero-order chi connectivity index (χ0) is 17.1. The Bertz CT molecular complexity index is 718. The zero-order valence-corrected chi connectivity index (χ0v) is 14.4. The van der Waals surface area contributed by atoms with Gasteiger partial charge in [-0.05, 0) is 44.2 Å². The minimum Gasteiger partial charge on any atom is -0.354 e. The molecule has 0 atom stereocenters. The Morgan fingerprint density at radius 3 is 2.33 bits per heavy atom. The van der Waals surface area contributed by atoms with Gasteiger partial charge in [-0.15, -0.1) is 0 Å². The summed E-state index contributed by atoms with van der Waals surface area (Å²) in [6.45, 7) is 7.83. The highest BCUT2D eigenvalue weighted by Gasteiger charge is 2.17. The van der Waals surface area contributed by atoms with E-state index in [1.807, 2.05) is 26.0 Å². The number of nitrogens with zero attached hydrogens (tertiary/aromatic N) is 4. The zero-order valence-electron chi connectivity index (χ0n) is 14.4. The van der Waals surface area contributed by atoms with Crippen LogP contribution in [0.4, 0.5) is 11.5 Å². The van der Waals surface area contributed by atoms with E-state index in [0.29, 0.717) is 5.69 Å². The number of nitrogens with one attached hydrogen (secondary N) is 1. The highest BCUT2D eigenvalue weighted by atomic mass is 16.1. The summed E-state index contributed by atoms with van der Waals surface area (Å²) in [4.78, 5) is 25.4. The highest BCUT2D eigenvalue weighted by Crippen LogP contribution is 2.17. The summed E-state index contributed by atoms with van der Waals surface area (Å²) < 4.78 is 0. The fourth-order valence-electron chi connectivity index (χ4n) is 2.92. The molecule has 1 N–H and O–H groups in total. The van der Waals surface area contributed by atoms with E-state index in [-0.39, 0.29) is 5.91 Å². The molecule has 0 unspecified atom stereocenters. The predicted octanol–water partition coefficient (Wildman–Crippen LogP) is 2.10. The van der Waals surface area contributed by atoms with Crippen LogP contribution >= 0.6 is 0 Å². The lowest BCUT2D eigenvalue weighted by Gasteiger charge is -2.33. The molecule has 1 aliphatic rings. The van der Waals surface area contributed by atoms with Crippen molar-refractivity contribution in [3.8, 4) is 0 Å². The third-order valence-corrected chi connectivity index (χ3v) is 4.19. The number of carbonyl (C=O) groups excluding carboxylic acids is 1. The van der Waals surface area contributed by atoms with Crippen molar-refractivity contribution in [3.63, 3.8) is 0 Å². The minimum absolute atomic E-state index is 0.210. The SMILES string of the molecule is Cc1cc(C)cc(NC(=O)c2cc(N3CCN(C)CC3)ncn2)c1. The summed E-state index contributed by atoms with van der Waals surface area (Å²) in [5.41, 5.74) is 3.41. The van der Waals surface area contributed by atoms with Gasteiger partial charge >= 0.3 is 0 Å². The Morgan fingerprint density at radius 1 is 1.00 bits per heavy atom. The number of aromatic nitrogens is 2. The van der Waals surface area contributed by atoms with Gasteiger partial charge in [0, 0.05) is 37.9 Å². The van der Waals surface area contributed by atoms with Crippen molar-refractivity contribution in [1.82, 2.24) is 14.9 Å². The number of likely N-dealkylation sites (N-methyl/N-ethyl adjacent to an activating group) is 1. The summed E-state index contributed by atoms with van der Waals surface area (Å²) in [6.07, 6.45) is 1.46. The van der Waals surface area contributed by atoms with Crippen LogP contribution in [0.2, 0.25) is 0 Å². The van der Waals surface area contributed by atoms with Crippen LogP contribution in [0.25, 0.3) is 0 Å². The molecule has 0 spiro atoms. The van der Waals surface area contributed by atoms with Crippen LogP contribution in [0, 0.1) is 13.8 Å². The molecular formula is C18H23N5O. The normalized spacial score (nSPS) is 15.4. The summed E-state index contributed by atoms with van der Waals surface area (Å²) in [5.74, 6) is 0.599. The summed E-state index contributed by atoms with van der Waals surface area (Å²) in [7, 11) is 2.11. The van der Waals surface area contributed by atoms with Gasteiger partial charge in [-0.25, -0.2) is 9.97 Å². The first-order chi connectivity index (χ1) is 11.5. The fraction of sp³-hybridized carbons (Fsp3) is 0.389. The molecule has 0 radical (unpaired) electrons. The monoisotopic (exact) mass is 325 g/mol. The van der Waals surface area contributed by atoms with Crippen LogP contribution < -0.4 is 10.2 Å². The number of aryl methyl sites for hydroxylation is 2. The van der Waals surface area contributed by atoms with E-state index in [0.717, 1.165) is 48.8 Å². The van der Waals surface area contributed by atoms with Crippen LogP contribution in [-0.2, 0) is 0 Å². The van der Waals surface area contributed by atoms with Crippen molar-refractivity contribution in [1.29, 1.82) is 0 Å². The number of amides is 1. The number of piperazine rings is 1. The van der Waals surface area contributed by atoms with Crippen LogP contribution in [0.1, 0.15) is 21.6 Å². The standard InChI is InChI=1S/C18H23N5O/c1-13-8-14(2)10-15(9-13)21-18(24)16-11-17(20-12-19-16)23-6-4-22(3)5-7-23/h8-12H,4-7H2,1-3H3,(H,21,24). The van der Waals surface area contributed by atoms with Gasteiger partial charge in [-0.3, -0.25) is 4.79 Å². The summed E-state index contributed by atoms with van der Waals surface area (Å²) >= 11 is 0. The van der Waals surface area contributed by atoms with E-state index < -0.39 is 0 Å². The van der Waals surface area contributed by atoms with E-state index in [1.54, 1.807) is 6.07 Å². The number of rotatable bonds is 3. The Kier molecular flexibility index (Phi) is 4.76. The molecule has 0 saturated carbocycles. The molecule has 0 bridgehead atoms. The van der Waals surface area contributed by atoms with E-state index in [9.17, 15) is 4.79 Å². The molecular weight excluding hydrogens is 302 g/mol. The van der Waals surface area contributed by atoms with Gasteiger partial charge in [-0.2, -0.15) is 0 Å². The Balaban J connectivity index is 1.74. The molecule has 2 aromatic rings. The van der Waals surface area contributed by atoms with Crippen molar-refractivity contribution >= 4 is 17.4 Å². The van der Waals surface area contributed by atoms with Gasteiger partial charge in [-0.1, -0.05) is 6.07 Å². The number of anilines is 2. The number of hydrogen-bond acceptors (Lipinski definition) is 5. The maximum Gasteiger partial charge on any atom is 0.274 e. The van der Waals surface area contributed by atoms with Gasteiger partial charge in [0.25, 0.3) is 5.91 Å². The molecule has 1 amide bonds. The second kappa shape index (κ2) is 6.97.